The number of ether oxygens (including phenoxy) is 1. The molecule has 1 saturated heterocycles. The zero-order valence-corrected chi connectivity index (χ0v) is 34.4. The molecule has 1 fully saturated rings. The van der Waals surface area contributed by atoms with Crippen LogP contribution in [0.1, 0.15) is 92.1 Å². The summed E-state index contributed by atoms with van der Waals surface area (Å²) in [6, 6.07) is 4.50. The Bertz CT molecular complexity index is 1640. The fourth-order valence-electron chi connectivity index (χ4n) is 6.94. The molecule has 1 aromatic carbocycles. The first-order valence-corrected chi connectivity index (χ1v) is 20.3. The topological polar surface area (TPSA) is 195 Å². The number of Topliss-reactive ketones (excluding diaryl/α,β-unsaturated/α-hetero) is 1. The minimum Gasteiger partial charge on any atom is -0.508 e. The van der Waals surface area contributed by atoms with Crippen LogP contribution in [0.4, 0.5) is 0 Å². The molecular weight excluding hydrogens is 729 g/mol. The smallest absolute Gasteiger partial charge is 0.325 e. The lowest BCUT2D eigenvalue weighted by Gasteiger charge is -2.36. The predicted molar refractivity (Wildman–Crippen MR) is 218 cm³/mol. The molecule has 2 bridgehead atoms. The van der Waals surface area contributed by atoms with E-state index < -0.39 is 66.1 Å². The van der Waals surface area contributed by atoms with Gasteiger partial charge in [0.2, 0.25) is 11.8 Å². The number of aliphatic hydroxyl groups excluding tert-OH is 2. The summed E-state index contributed by atoms with van der Waals surface area (Å²) in [7, 11) is 0. The SMILES string of the molecule is CCCC(=O)C=CC=C(C)C1CC=CC=CC(O)C(C)C(O)C(CCC(C)=O)C(=O)NC(C(C)C)C(=O)NC(Cc2cccc(O)c2)CN2CCCC(N2)C(=O)O1. The number of rotatable bonds is 11. The normalized spacial score (nSPS) is 28.9. The molecule has 0 aliphatic carbocycles. The van der Waals surface area contributed by atoms with Gasteiger partial charge in [0.05, 0.1) is 18.1 Å². The van der Waals surface area contributed by atoms with Crippen LogP contribution in [0.25, 0.3) is 0 Å². The molecule has 9 unspecified atom stereocenters. The molecule has 0 saturated carbocycles. The van der Waals surface area contributed by atoms with Gasteiger partial charge in [-0.1, -0.05) is 76.3 Å². The second-order valence-electron chi connectivity index (χ2n) is 15.7. The summed E-state index contributed by atoms with van der Waals surface area (Å²) >= 11 is 0. The lowest BCUT2D eigenvalue weighted by atomic mass is 9.84. The van der Waals surface area contributed by atoms with Gasteiger partial charge in [0.15, 0.2) is 5.78 Å². The van der Waals surface area contributed by atoms with E-state index >= 15 is 0 Å². The molecule has 2 aliphatic heterocycles. The number of allylic oxidation sites excluding steroid dienone is 5. The summed E-state index contributed by atoms with van der Waals surface area (Å²) in [6.07, 6.45) is 11.3. The number of phenolic OH excluding ortho intramolecular Hbond substituents is 1. The number of nitrogens with one attached hydrogen (secondary N) is 3. The van der Waals surface area contributed by atoms with Crippen molar-refractivity contribution >= 4 is 29.4 Å². The molecule has 13 nitrogen and oxygen atoms in total. The molecule has 6 N–H and O–H groups in total. The fourth-order valence-corrected chi connectivity index (χ4v) is 6.94. The highest BCUT2D eigenvalue weighted by Gasteiger charge is 2.37. The Morgan fingerprint density at radius 1 is 1.05 bits per heavy atom. The number of phenols is 1. The van der Waals surface area contributed by atoms with E-state index in [0.29, 0.717) is 38.6 Å². The number of amides is 2. The lowest BCUT2D eigenvalue weighted by molar-refractivity contribution is -0.153. The van der Waals surface area contributed by atoms with Crippen molar-refractivity contribution in [2.24, 2.45) is 17.8 Å². The van der Waals surface area contributed by atoms with Gasteiger partial charge in [-0.2, -0.15) is 0 Å². The van der Waals surface area contributed by atoms with Crippen LogP contribution in [0.15, 0.2) is 72.4 Å². The van der Waals surface area contributed by atoms with E-state index in [1.54, 1.807) is 69.4 Å². The molecule has 2 aliphatic rings. The highest BCUT2D eigenvalue weighted by molar-refractivity contribution is 5.90. The van der Waals surface area contributed by atoms with E-state index in [1.165, 1.54) is 19.1 Å². The van der Waals surface area contributed by atoms with Gasteiger partial charge in [-0.15, -0.1) is 0 Å². The Hall–Kier alpha value is -4.43. The molecule has 0 spiro atoms. The molecule has 13 heteroatoms. The molecule has 2 amide bonds. The fraction of sp³-hybridized carbons (Fsp3) is 0.568. The van der Waals surface area contributed by atoms with E-state index in [-0.39, 0.29) is 42.6 Å². The van der Waals surface area contributed by atoms with Crippen molar-refractivity contribution in [1.29, 1.82) is 0 Å². The van der Waals surface area contributed by atoms with E-state index in [4.69, 9.17) is 4.74 Å². The molecule has 0 aromatic heterocycles. The van der Waals surface area contributed by atoms with Crippen LogP contribution >= 0.6 is 0 Å². The van der Waals surface area contributed by atoms with Crippen molar-refractivity contribution in [3.05, 3.63) is 77.9 Å². The summed E-state index contributed by atoms with van der Waals surface area (Å²) in [5.41, 5.74) is 4.78. The number of hydrogen-bond acceptors (Lipinski definition) is 11. The molecule has 3 rings (SSSR count). The van der Waals surface area contributed by atoms with Gasteiger partial charge in [-0.25, -0.2) is 10.4 Å². The highest BCUT2D eigenvalue weighted by Crippen LogP contribution is 2.24. The second kappa shape index (κ2) is 23.7. The standard InChI is InChI=1S/C44H64N4O9/c1-7-14-34(50)17-11-15-29(4)39-21-10-8-9-20-38(52)31(6)41(53)36(23-22-30(5)49)42(54)46-40(28(2)3)43(55)45-33(25-32-16-12-18-35(51)26-32)27-48-24-13-19-37(47-48)44(56)57-39/h8-12,15-18,20,26,28,31,33,36-41,47,51-53H,7,13-14,19,21-25,27H2,1-6H3,(H,45,55)(H,46,54). The number of esters is 1. The van der Waals surface area contributed by atoms with Crippen molar-refractivity contribution in [3.8, 4) is 5.75 Å². The van der Waals surface area contributed by atoms with Gasteiger partial charge in [-0.3, -0.25) is 19.2 Å². The van der Waals surface area contributed by atoms with Gasteiger partial charge in [0.1, 0.15) is 29.7 Å². The van der Waals surface area contributed by atoms with Crippen molar-refractivity contribution in [3.63, 3.8) is 0 Å². The molecule has 0 radical (unpaired) electrons. The summed E-state index contributed by atoms with van der Waals surface area (Å²) in [6.45, 7) is 11.2. The first-order valence-electron chi connectivity index (χ1n) is 20.3. The third kappa shape index (κ3) is 15.8. The number of aliphatic hydroxyl groups is 2. The first kappa shape index (κ1) is 46.9. The van der Waals surface area contributed by atoms with Crippen molar-refractivity contribution < 1.29 is 44.0 Å². The number of carbonyl (C=O) groups excluding carboxylic acids is 5. The number of benzene rings is 1. The average molecular weight is 793 g/mol. The van der Waals surface area contributed by atoms with E-state index in [2.05, 4.69) is 16.1 Å². The minimum absolute atomic E-state index is 0.000366. The third-order valence-corrected chi connectivity index (χ3v) is 10.4. The van der Waals surface area contributed by atoms with Crippen LogP contribution < -0.4 is 16.1 Å². The first-order chi connectivity index (χ1) is 27.1. The van der Waals surface area contributed by atoms with Gasteiger partial charge in [0.25, 0.3) is 0 Å². The van der Waals surface area contributed by atoms with Crippen LogP contribution in [0.3, 0.4) is 0 Å². The maximum absolute atomic E-state index is 14.1. The zero-order chi connectivity index (χ0) is 42.1. The summed E-state index contributed by atoms with van der Waals surface area (Å²) in [5, 5.41) is 40.5. The summed E-state index contributed by atoms with van der Waals surface area (Å²) in [4.78, 5) is 65.8. The molecule has 1 aromatic rings. The molecular formula is C44H64N4O9. The molecule has 9 atom stereocenters. The largest absolute Gasteiger partial charge is 0.508 e. The highest BCUT2D eigenvalue weighted by atomic mass is 16.5. The summed E-state index contributed by atoms with van der Waals surface area (Å²) < 4.78 is 6.09. The number of ketones is 2. The number of hydrogen-bond donors (Lipinski definition) is 6. The zero-order valence-electron chi connectivity index (χ0n) is 34.4. The molecule has 57 heavy (non-hydrogen) atoms. The second-order valence-corrected chi connectivity index (χ2v) is 15.7. The van der Waals surface area contributed by atoms with Crippen molar-refractivity contribution in [1.82, 2.24) is 21.1 Å². The predicted octanol–water partition coefficient (Wildman–Crippen LogP) is 4.17. The van der Waals surface area contributed by atoms with Gasteiger partial charge in [0, 0.05) is 44.3 Å². The monoisotopic (exact) mass is 792 g/mol. The van der Waals surface area contributed by atoms with Crippen LogP contribution in [0.5, 0.6) is 5.75 Å². The van der Waals surface area contributed by atoms with Crippen LogP contribution in [-0.2, 0) is 35.1 Å². The van der Waals surface area contributed by atoms with Gasteiger partial charge in [-0.05, 0) is 81.2 Å². The quantitative estimate of drug-likeness (QED) is 0.107. The Morgan fingerprint density at radius 2 is 1.81 bits per heavy atom. The number of aromatic hydroxyl groups is 1. The Kier molecular flexibility index (Phi) is 19.5. The minimum atomic E-state index is -1.35. The molecule has 314 valence electrons. The number of hydrazine groups is 1. The molecule has 2 heterocycles. The van der Waals surface area contributed by atoms with E-state index in [1.807, 2.05) is 24.9 Å². The van der Waals surface area contributed by atoms with Crippen molar-refractivity contribution in [2.45, 2.75) is 129 Å². The Balaban J connectivity index is 2.03. The van der Waals surface area contributed by atoms with Crippen molar-refractivity contribution in [2.75, 3.05) is 13.1 Å². The third-order valence-electron chi connectivity index (χ3n) is 10.4. The number of cyclic esters (lactones) is 1. The maximum atomic E-state index is 14.1. The lowest BCUT2D eigenvalue weighted by Crippen LogP contribution is -2.60. The number of carbonyl (C=O) groups is 5. The van der Waals surface area contributed by atoms with E-state index in [9.17, 15) is 39.3 Å². The van der Waals surface area contributed by atoms with Gasteiger partial charge >= 0.3 is 5.97 Å². The average Bonchev–Trinajstić information content (AvgIpc) is 3.15. The van der Waals surface area contributed by atoms with Crippen LogP contribution in [-0.4, -0.2) is 99.2 Å². The van der Waals surface area contributed by atoms with Crippen LogP contribution in [0.2, 0.25) is 0 Å². The number of nitrogens with zero attached hydrogens (tertiary/aromatic N) is 1. The Morgan fingerprint density at radius 3 is 2.49 bits per heavy atom. The Labute approximate surface area is 337 Å². The van der Waals surface area contributed by atoms with Crippen LogP contribution in [0, 0.1) is 17.8 Å². The van der Waals surface area contributed by atoms with Gasteiger partial charge < -0.3 is 35.5 Å². The number of fused-ring (bicyclic) bond motifs is 2. The maximum Gasteiger partial charge on any atom is 0.325 e. The van der Waals surface area contributed by atoms with E-state index in [0.717, 1.165) is 17.6 Å². The summed E-state index contributed by atoms with van der Waals surface area (Å²) in [5.74, 6) is -3.90.